The summed E-state index contributed by atoms with van der Waals surface area (Å²) in [5.74, 6) is 1.21. The van der Waals surface area contributed by atoms with Gasteiger partial charge >= 0.3 is 0 Å². The van der Waals surface area contributed by atoms with Crippen LogP contribution in [-0.2, 0) is 4.74 Å². The molecule has 1 aromatic rings. The highest BCUT2D eigenvalue weighted by atomic mass is 16.5. The number of hydrogen-bond donors (Lipinski definition) is 0. The Balaban J connectivity index is 3.27. The molecule has 1 unspecified atom stereocenters. The smallest absolute Gasteiger partial charge is 0.203 e. The average Bonchev–Trinajstić information content (AvgIpc) is 2.43. The van der Waals surface area contributed by atoms with Crippen LogP contribution in [-0.4, -0.2) is 40.3 Å². The quantitative estimate of drug-likeness (QED) is 0.726. The van der Waals surface area contributed by atoms with E-state index >= 15 is 0 Å². The first kappa shape index (κ1) is 14.3. The second-order valence-electron chi connectivity index (χ2n) is 3.66. The van der Waals surface area contributed by atoms with Gasteiger partial charge in [0.25, 0.3) is 0 Å². The van der Waals surface area contributed by atoms with E-state index in [4.69, 9.17) is 18.9 Å². The molecule has 0 heterocycles. The van der Waals surface area contributed by atoms with Gasteiger partial charge in [-0.3, -0.25) is 4.79 Å². The molecule has 0 radical (unpaired) electrons. The van der Waals surface area contributed by atoms with E-state index in [1.54, 1.807) is 19.1 Å². The van der Waals surface area contributed by atoms with Crippen LogP contribution in [0.1, 0.15) is 17.3 Å². The van der Waals surface area contributed by atoms with Gasteiger partial charge in [-0.2, -0.15) is 0 Å². The molecule has 5 heteroatoms. The van der Waals surface area contributed by atoms with Gasteiger partial charge in [-0.05, 0) is 19.1 Å². The summed E-state index contributed by atoms with van der Waals surface area (Å²) in [5.41, 5.74) is 0.457. The fourth-order valence-corrected chi connectivity index (χ4v) is 1.57. The molecule has 0 spiro atoms. The number of ether oxygens (including phenoxy) is 4. The number of hydrogen-bond acceptors (Lipinski definition) is 5. The van der Waals surface area contributed by atoms with Crippen LogP contribution in [0.25, 0.3) is 0 Å². The molecule has 100 valence electrons. The van der Waals surface area contributed by atoms with Crippen molar-refractivity contribution in [1.82, 2.24) is 0 Å². The van der Waals surface area contributed by atoms with Crippen LogP contribution in [0, 0.1) is 0 Å². The third-order valence-corrected chi connectivity index (χ3v) is 2.67. The van der Waals surface area contributed by atoms with E-state index in [0.717, 1.165) is 0 Å². The van der Waals surface area contributed by atoms with Gasteiger partial charge in [0.15, 0.2) is 17.3 Å². The molecular weight excluding hydrogens is 236 g/mol. The van der Waals surface area contributed by atoms with Gasteiger partial charge < -0.3 is 18.9 Å². The Kier molecular flexibility index (Phi) is 4.97. The Morgan fingerprint density at radius 1 is 1.00 bits per heavy atom. The number of methoxy groups -OCH3 is 4. The molecule has 0 amide bonds. The second kappa shape index (κ2) is 6.26. The molecule has 0 aliphatic rings. The highest BCUT2D eigenvalue weighted by molar-refractivity contribution is 6.00. The molecule has 0 saturated heterocycles. The lowest BCUT2D eigenvalue weighted by Crippen LogP contribution is -2.19. The van der Waals surface area contributed by atoms with E-state index < -0.39 is 6.10 Å². The summed E-state index contributed by atoms with van der Waals surface area (Å²) in [6.07, 6.45) is -0.521. The van der Waals surface area contributed by atoms with Crippen molar-refractivity contribution in [3.8, 4) is 17.2 Å². The Bertz CT molecular complexity index is 402. The van der Waals surface area contributed by atoms with Crippen molar-refractivity contribution in [2.75, 3.05) is 28.4 Å². The van der Waals surface area contributed by atoms with Crippen LogP contribution in [0.3, 0.4) is 0 Å². The highest BCUT2D eigenvalue weighted by Crippen LogP contribution is 2.38. The van der Waals surface area contributed by atoms with Crippen LogP contribution in [0.4, 0.5) is 0 Å². The summed E-state index contributed by atoms with van der Waals surface area (Å²) in [6.45, 7) is 1.69. The van der Waals surface area contributed by atoms with Gasteiger partial charge in [0.05, 0.1) is 21.3 Å². The maximum atomic E-state index is 12.0. The van der Waals surface area contributed by atoms with Crippen molar-refractivity contribution in [3.05, 3.63) is 17.7 Å². The first-order valence-electron chi connectivity index (χ1n) is 5.46. The summed E-state index contributed by atoms with van der Waals surface area (Å²) >= 11 is 0. The Labute approximate surface area is 107 Å². The van der Waals surface area contributed by atoms with Crippen LogP contribution in [0.5, 0.6) is 17.2 Å². The Morgan fingerprint density at radius 3 is 1.83 bits per heavy atom. The zero-order chi connectivity index (χ0) is 13.7. The monoisotopic (exact) mass is 254 g/mol. The average molecular weight is 254 g/mol. The summed E-state index contributed by atoms with van der Waals surface area (Å²) in [6, 6.07) is 3.22. The molecule has 0 aliphatic heterocycles. The van der Waals surface area contributed by atoms with Crippen LogP contribution < -0.4 is 14.2 Å². The predicted octanol–water partition coefficient (Wildman–Crippen LogP) is 1.93. The standard InChI is InChI=1S/C13H18O5/c1-8(15-2)12(14)9-6-10(16-3)13(18-5)11(7-9)17-4/h6-8H,1-5H3. The van der Waals surface area contributed by atoms with E-state index in [-0.39, 0.29) is 5.78 Å². The highest BCUT2D eigenvalue weighted by Gasteiger charge is 2.20. The molecule has 1 atom stereocenters. The Morgan fingerprint density at radius 2 is 1.50 bits per heavy atom. The van der Waals surface area contributed by atoms with E-state index in [9.17, 15) is 4.79 Å². The molecule has 1 aromatic carbocycles. The van der Waals surface area contributed by atoms with Gasteiger partial charge in [-0.15, -0.1) is 0 Å². The van der Waals surface area contributed by atoms with Gasteiger partial charge in [-0.25, -0.2) is 0 Å². The van der Waals surface area contributed by atoms with E-state index in [1.165, 1.54) is 28.4 Å². The number of Topliss-reactive ketones (excluding diaryl/α,β-unsaturated/α-hetero) is 1. The van der Waals surface area contributed by atoms with E-state index in [1.807, 2.05) is 0 Å². The van der Waals surface area contributed by atoms with Crippen molar-refractivity contribution in [3.63, 3.8) is 0 Å². The normalized spacial score (nSPS) is 11.8. The Hall–Kier alpha value is -1.75. The van der Waals surface area contributed by atoms with Crippen LogP contribution >= 0.6 is 0 Å². The first-order chi connectivity index (χ1) is 8.58. The minimum absolute atomic E-state index is 0.142. The third-order valence-electron chi connectivity index (χ3n) is 2.67. The van der Waals surface area contributed by atoms with Gasteiger partial charge in [0.1, 0.15) is 6.10 Å². The lowest BCUT2D eigenvalue weighted by molar-refractivity contribution is 0.0655. The molecule has 0 aliphatic carbocycles. The molecular formula is C13H18O5. The van der Waals surface area contributed by atoms with E-state index in [2.05, 4.69) is 0 Å². The van der Waals surface area contributed by atoms with Crippen molar-refractivity contribution < 1.29 is 23.7 Å². The number of rotatable bonds is 6. The van der Waals surface area contributed by atoms with Gasteiger partial charge in [0, 0.05) is 12.7 Å². The molecule has 0 fully saturated rings. The second-order valence-corrected chi connectivity index (χ2v) is 3.66. The topological polar surface area (TPSA) is 54.0 Å². The first-order valence-corrected chi connectivity index (χ1v) is 5.46. The fraction of sp³-hybridized carbons (Fsp3) is 0.462. The lowest BCUT2D eigenvalue weighted by Gasteiger charge is -2.15. The number of carbonyl (C=O) groups excluding carboxylic acids is 1. The maximum Gasteiger partial charge on any atom is 0.203 e. The fourth-order valence-electron chi connectivity index (χ4n) is 1.57. The zero-order valence-corrected chi connectivity index (χ0v) is 11.3. The number of ketones is 1. The summed E-state index contributed by atoms with van der Waals surface area (Å²) in [4.78, 5) is 12.0. The van der Waals surface area contributed by atoms with Gasteiger partial charge in [-0.1, -0.05) is 0 Å². The molecule has 0 N–H and O–H groups in total. The maximum absolute atomic E-state index is 12.0. The third kappa shape index (κ3) is 2.73. The van der Waals surface area contributed by atoms with Crippen LogP contribution in [0.2, 0.25) is 0 Å². The predicted molar refractivity (Wildman–Crippen MR) is 66.9 cm³/mol. The van der Waals surface area contributed by atoms with Crippen molar-refractivity contribution in [2.24, 2.45) is 0 Å². The van der Waals surface area contributed by atoms with Gasteiger partial charge in [0.2, 0.25) is 5.75 Å². The zero-order valence-electron chi connectivity index (χ0n) is 11.3. The summed E-state index contributed by atoms with van der Waals surface area (Å²) in [5, 5.41) is 0. The SMILES string of the molecule is COc1cc(C(=O)C(C)OC)cc(OC)c1OC. The summed E-state index contributed by atoms with van der Waals surface area (Å²) < 4.78 is 20.6. The van der Waals surface area contributed by atoms with Crippen LogP contribution in [0.15, 0.2) is 12.1 Å². The van der Waals surface area contributed by atoms with E-state index in [0.29, 0.717) is 22.8 Å². The molecule has 0 saturated carbocycles. The minimum atomic E-state index is -0.521. The van der Waals surface area contributed by atoms with Crippen molar-refractivity contribution >= 4 is 5.78 Å². The molecule has 0 bridgehead atoms. The molecule has 1 rings (SSSR count). The number of carbonyl (C=O) groups is 1. The number of benzene rings is 1. The van der Waals surface area contributed by atoms with Crippen molar-refractivity contribution in [1.29, 1.82) is 0 Å². The molecule has 18 heavy (non-hydrogen) atoms. The summed E-state index contributed by atoms with van der Waals surface area (Å²) in [7, 11) is 6.01. The molecule has 0 aromatic heterocycles. The largest absolute Gasteiger partial charge is 0.493 e. The molecule has 5 nitrogen and oxygen atoms in total. The van der Waals surface area contributed by atoms with Crippen molar-refractivity contribution in [2.45, 2.75) is 13.0 Å². The minimum Gasteiger partial charge on any atom is -0.493 e. The lowest BCUT2D eigenvalue weighted by atomic mass is 10.1.